The van der Waals surface area contributed by atoms with E-state index in [4.69, 9.17) is 0 Å². The van der Waals surface area contributed by atoms with E-state index in [9.17, 15) is 8.42 Å². The maximum Gasteiger partial charge on any atom is 0.143 e. The molecule has 0 saturated heterocycles. The van der Waals surface area contributed by atoms with Gasteiger partial charge in [0.1, 0.15) is 9.84 Å². The molecule has 0 N–H and O–H groups in total. The lowest BCUT2D eigenvalue weighted by Crippen LogP contribution is -2.00. The van der Waals surface area contributed by atoms with Crippen LogP contribution in [-0.4, -0.2) is 30.3 Å². The highest BCUT2D eigenvalue weighted by atomic mass is 32.2. The van der Waals surface area contributed by atoms with Crippen molar-refractivity contribution in [3.63, 3.8) is 0 Å². The summed E-state index contributed by atoms with van der Waals surface area (Å²) in [5, 5.41) is 0.382. The maximum absolute atomic E-state index is 10.0. The number of rotatable bonds is 1. The Hall–Kier alpha value is 0.167. The Morgan fingerprint density at radius 3 is 1.83 bits per heavy atom. The molecule has 0 saturated carbocycles. The van der Waals surface area contributed by atoms with Gasteiger partial charge in [-0.1, -0.05) is 0 Å². The first kappa shape index (κ1) is 6.17. The monoisotopic (exact) mass is 124 g/mol. The third-order valence-electron chi connectivity index (χ3n) is 0.524. The van der Waals surface area contributed by atoms with Crippen LogP contribution in [0, 0.1) is 0 Å². The molecular weight excluding hydrogens is 116 g/mol. The minimum atomic E-state index is -2.60. The smallest absolute Gasteiger partial charge is 0.143 e. The Bertz CT molecular complexity index is 114. The second kappa shape index (κ2) is 1.75. The van der Waals surface area contributed by atoms with Gasteiger partial charge in [-0.3, -0.25) is 0 Å². The molecule has 0 aliphatic rings. The van der Waals surface area contributed by atoms with E-state index in [0.29, 0.717) is 5.38 Å². The molecule has 0 aromatic heterocycles. The molecular formula is C2H8O2SSi. The Morgan fingerprint density at radius 2 is 1.83 bits per heavy atom. The molecule has 2 nitrogen and oxygen atoms in total. The van der Waals surface area contributed by atoms with Crippen molar-refractivity contribution < 1.29 is 8.42 Å². The van der Waals surface area contributed by atoms with E-state index in [0.717, 1.165) is 10.2 Å². The van der Waals surface area contributed by atoms with E-state index in [1.165, 1.54) is 6.26 Å². The van der Waals surface area contributed by atoms with Gasteiger partial charge in [0, 0.05) is 21.9 Å². The summed E-state index contributed by atoms with van der Waals surface area (Å²) in [6, 6.07) is 0. The van der Waals surface area contributed by atoms with Crippen molar-refractivity contribution in [2.75, 3.05) is 11.6 Å². The van der Waals surface area contributed by atoms with Crippen LogP contribution in [0.1, 0.15) is 0 Å². The highest BCUT2D eigenvalue weighted by molar-refractivity contribution is 7.91. The van der Waals surface area contributed by atoms with Crippen LogP contribution in [0.15, 0.2) is 0 Å². The van der Waals surface area contributed by atoms with Gasteiger partial charge in [-0.2, -0.15) is 0 Å². The van der Waals surface area contributed by atoms with Crippen molar-refractivity contribution >= 4 is 20.1 Å². The third kappa shape index (κ3) is 4.17. The van der Waals surface area contributed by atoms with Crippen molar-refractivity contribution in [1.29, 1.82) is 0 Å². The first-order valence-corrected chi connectivity index (χ1v) is 5.21. The topological polar surface area (TPSA) is 34.1 Å². The van der Waals surface area contributed by atoms with E-state index in [2.05, 4.69) is 0 Å². The quantitative estimate of drug-likeness (QED) is 0.393. The molecule has 0 atom stereocenters. The maximum atomic E-state index is 10.0. The molecule has 38 valence electrons. The Balaban J connectivity index is 3.85. The van der Waals surface area contributed by atoms with Gasteiger partial charge < -0.3 is 0 Å². The zero-order chi connectivity index (χ0) is 5.21. The number of hydrogen-bond donors (Lipinski definition) is 0. The van der Waals surface area contributed by atoms with Crippen LogP contribution in [0.5, 0.6) is 0 Å². The van der Waals surface area contributed by atoms with Gasteiger partial charge in [0.15, 0.2) is 0 Å². The van der Waals surface area contributed by atoms with Crippen LogP contribution in [0.3, 0.4) is 0 Å². The molecule has 0 amide bonds. The molecule has 6 heavy (non-hydrogen) atoms. The summed E-state index contributed by atoms with van der Waals surface area (Å²) in [4.78, 5) is 0. The van der Waals surface area contributed by atoms with E-state index in [-0.39, 0.29) is 0 Å². The van der Waals surface area contributed by atoms with E-state index < -0.39 is 9.84 Å². The van der Waals surface area contributed by atoms with Crippen LogP contribution in [0.4, 0.5) is 0 Å². The molecule has 0 radical (unpaired) electrons. The average molecular weight is 124 g/mol. The summed E-state index contributed by atoms with van der Waals surface area (Å²) < 4.78 is 20.1. The third-order valence-corrected chi connectivity index (χ3v) is 4.72. The molecule has 0 aliphatic carbocycles. The second-order valence-corrected chi connectivity index (χ2v) is 5.38. The van der Waals surface area contributed by atoms with Gasteiger partial charge in [0.2, 0.25) is 0 Å². The summed E-state index contributed by atoms with van der Waals surface area (Å²) in [6.45, 7) is 0. The highest BCUT2D eigenvalue weighted by Gasteiger charge is 1.90. The molecule has 0 rings (SSSR count). The highest BCUT2D eigenvalue weighted by Crippen LogP contribution is 1.71. The average Bonchev–Trinajstić information content (AvgIpc) is 1.35. The molecule has 0 fully saturated rings. The van der Waals surface area contributed by atoms with Crippen molar-refractivity contribution in [2.45, 2.75) is 0 Å². The van der Waals surface area contributed by atoms with Crippen LogP contribution >= 0.6 is 0 Å². The van der Waals surface area contributed by atoms with Gasteiger partial charge in [-0.25, -0.2) is 8.42 Å². The molecule has 4 heteroatoms. The minimum Gasteiger partial charge on any atom is -0.229 e. The summed E-state index contributed by atoms with van der Waals surface area (Å²) in [6.07, 6.45) is 1.25. The molecule has 0 aliphatic heterocycles. The zero-order valence-corrected chi connectivity index (χ0v) is 6.75. The standard InChI is InChI=1S/C2H8O2SSi/c1-5(3,4)2-6/h2H2,1,6H3. The predicted molar refractivity (Wildman–Crippen MR) is 29.6 cm³/mol. The fraction of sp³-hybridized carbons (Fsp3) is 1.00. The number of hydrogen-bond acceptors (Lipinski definition) is 2. The summed E-state index contributed by atoms with van der Waals surface area (Å²) >= 11 is 0. The fourth-order valence-corrected chi connectivity index (χ4v) is 0. The Kier molecular flexibility index (Phi) is 1.80. The molecule has 0 aromatic rings. The minimum absolute atomic E-state index is 0.382. The lowest BCUT2D eigenvalue weighted by molar-refractivity contribution is 0.606. The van der Waals surface area contributed by atoms with Crippen molar-refractivity contribution in [2.24, 2.45) is 0 Å². The van der Waals surface area contributed by atoms with Crippen LogP contribution in [0.2, 0.25) is 0 Å². The lowest BCUT2D eigenvalue weighted by Gasteiger charge is -1.80. The Morgan fingerprint density at radius 1 is 1.67 bits per heavy atom. The summed E-state index contributed by atoms with van der Waals surface area (Å²) in [5.41, 5.74) is 0. The molecule has 0 unspecified atom stereocenters. The molecule has 0 heterocycles. The first-order valence-electron chi connectivity index (χ1n) is 1.74. The molecule has 0 bridgehead atoms. The SMILES string of the molecule is CS(=O)(=O)C[SiH3]. The first-order chi connectivity index (χ1) is 2.56. The summed E-state index contributed by atoms with van der Waals surface area (Å²) in [7, 11) is -1.84. The van der Waals surface area contributed by atoms with Crippen LogP contribution in [-0.2, 0) is 9.84 Å². The predicted octanol–water partition coefficient (Wildman–Crippen LogP) is -1.65. The number of sulfone groups is 1. The zero-order valence-electron chi connectivity index (χ0n) is 3.93. The Labute approximate surface area is 40.9 Å². The fourth-order valence-electron chi connectivity index (χ4n) is 0. The van der Waals surface area contributed by atoms with Crippen LogP contribution in [0.25, 0.3) is 0 Å². The summed E-state index contributed by atoms with van der Waals surface area (Å²) in [5.74, 6) is 0. The molecule has 0 spiro atoms. The largest absolute Gasteiger partial charge is 0.229 e. The second-order valence-electron chi connectivity index (χ2n) is 1.21. The van der Waals surface area contributed by atoms with Crippen molar-refractivity contribution in [3.8, 4) is 0 Å². The van der Waals surface area contributed by atoms with Gasteiger partial charge in [-0.15, -0.1) is 0 Å². The van der Waals surface area contributed by atoms with Crippen molar-refractivity contribution in [3.05, 3.63) is 0 Å². The van der Waals surface area contributed by atoms with Gasteiger partial charge in [-0.05, 0) is 0 Å². The van der Waals surface area contributed by atoms with E-state index >= 15 is 0 Å². The van der Waals surface area contributed by atoms with E-state index in [1.807, 2.05) is 0 Å². The van der Waals surface area contributed by atoms with Gasteiger partial charge in [0.25, 0.3) is 0 Å². The van der Waals surface area contributed by atoms with Gasteiger partial charge in [0.05, 0.1) is 0 Å². The van der Waals surface area contributed by atoms with Gasteiger partial charge >= 0.3 is 0 Å². The van der Waals surface area contributed by atoms with Crippen molar-refractivity contribution in [1.82, 2.24) is 0 Å². The van der Waals surface area contributed by atoms with E-state index in [1.54, 1.807) is 0 Å². The lowest BCUT2D eigenvalue weighted by atomic mass is 11.9. The molecule has 0 aromatic carbocycles. The normalized spacial score (nSPS) is 12.2. The van der Waals surface area contributed by atoms with Crippen LogP contribution < -0.4 is 0 Å².